The molecule has 0 radical (unpaired) electrons. The lowest BCUT2D eigenvalue weighted by molar-refractivity contribution is -0.0821. The molecule has 0 aliphatic carbocycles. The van der Waals surface area contributed by atoms with Gasteiger partial charge < -0.3 is 14.2 Å². The van der Waals surface area contributed by atoms with Gasteiger partial charge in [0.2, 0.25) is 5.82 Å². The molecular formula is C15H20N6O3. The fourth-order valence-corrected chi connectivity index (χ4v) is 3.50. The molecule has 1 atom stereocenters. The minimum Gasteiger partial charge on any atom is -0.362 e. The Bertz CT molecular complexity index is 746. The second-order valence-corrected chi connectivity index (χ2v) is 6.54. The van der Waals surface area contributed by atoms with E-state index >= 15 is 0 Å². The summed E-state index contributed by atoms with van der Waals surface area (Å²) < 4.78 is 13.0. The minimum atomic E-state index is -0.193. The first-order valence-electron chi connectivity index (χ1n) is 8.18. The lowest BCUT2D eigenvalue weighted by atomic mass is 9.88. The largest absolute Gasteiger partial charge is 0.362 e. The smallest absolute Gasteiger partial charge is 0.293 e. The maximum atomic E-state index is 12.4. The van der Waals surface area contributed by atoms with Gasteiger partial charge in [-0.25, -0.2) is 4.98 Å². The summed E-state index contributed by atoms with van der Waals surface area (Å²) in [6.07, 6.45) is 4.83. The van der Waals surface area contributed by atoms with E-state index in [0.717, 1.165) is 25.7 Å². The van der Waals surface area contributed by atoms with Crippen molar-refractivity contribution < 1.29 is 14.1 Å². The number of ether oxygens (including phenoxy) is 1. The van der Waals surface area contributed by atoms with Gasteiger partial charge in [0.05, 0.1) is 5.60 Å². The normalized spacial score (nSPS) is 23.1. The number of amides is 1. The van der Waals surface area contributed by atoms with Gasteiger partial charge in [-0.15, -0.1) is 5.10 Å². The highest BCUT2D eigenvalue weighted by atomic mass is 16.5. The molecule has 4 heterocycles. The zero-order valence-electron chi connectivity index (χ0n) is 13.8. The van der Waals surface area contributed by atoms with Crippen LogP contribution in [0.25, 0.3) is 0 Å². The molecule has 2 aliphatic heterocycles. The van der Waals surface area contributed by atoms with E-state index in [9.17, 15) is 4.79 Å². The zero-order valence-corrected chi connectivity index (χ0v) is 13.8. The van der Waals surface area contributed by atoms with Gasteiger partial charge >= 0.3 is 0 Å². The number of likely N-dealkylation sites (tertiary alicyclic amines) is 1. The van der Waals surface area contributed by atoms with Crippen LogP contribution < -0.4 is 0 Å². The summed E-state index contributed by atoms with van der Waals surface area (Å²) in [5, 5.41) is 7.92. The fraction of sp³-hybridized carbons (Fsp3) is 0.667. The number of carbonyl (C=O) groups is 1. The third-order valence-corrected chi connectivity index (χ3v) is 4.83. The number of hydrogen-bond donors (Lipinski definition) is 0. The van der Waals surface area contributed by atoms with Crippen molar-refractivity contribution in [3.05, 3.63) is 23.9 Å². The topological polar surface area (TPSA) is 99.2 Å². The van der Waals surface area contributed by atoms with Crippen molar-refractivity contribution in [1.29, 1.82) is 0 Å². The van der Waals surface area contributed by atoms with Gasteiger partial charge in [0.15, 0.2) is 5.82 Å². The predicted molar refractivity (Wildman–Crippen MR) is 81.0 cm³/mol. The quantitative estimate of drug-likeness (QED) is 0.810. The molecule has 0 aromatic carbocycles. The van der Waals surface area contributed by atoms with Gasteiger partial charge in [0.25, 0.3) is 11.8 Å². The van der Waals surface area contributed by atoms with Crippen LogP contribution in [-0.2, 0) is 11.8 Å². The lowest BCUT2D eigenvalue weighted by Crippen LogP contribution is -2.46. The molecule has 2 aromatic rings. The van der Waals surface area contributed by atoms with Crippen molar-refractivity contribution in [3.63, 3.8) is 0 Å². The molecule has 0 saturated carbocycles. The highest BCUT2D eigenvalue weighted by Gasteiger charge is 2.45. The molecule has 1 amide bonds. The summed E-state index contributed by atoms with van der Waals surface area (Å²) in [5.41, 5.74) is -0.193. The Balaban J connectivity index is 1.38. The van der Waals surface area contributed by atoms with E-state index in [1.54, 1.807) is 18.9 Å². The number of piperidine rings is 1. The van der Waals surface area contributed by atoms with Crippen molar-refractivity contribution in [2.45, 2.75) is 44.3 Å². The van der Waals surface area contributed by atoms with Gasteiger partial charge in [-0.05, 0) is 32.6 Å². The van der Waals surface area contributed by atoms with E-state index in [0.29, 0.717) is 24.8 Å². The summed E-state index contributed by atoms with van der Waals surface area (Å²) in [4.78, 5) is 22.5. The van der Waals surface area contributed by atoms with Crippen LogP contribution in [0, 0.1) is 6.92 Å². The summed E-state index contributed by atoms with van der Waals surface area (Å²) >= 11 is 0. The van der Waals surface area contributed by atoms with E-state index in [2.05, 4.69) is 20.2 Å². The van der Waals surface area contributed by atoms with Gasteiger partial charge in [-0.3, -0.25) is 9.48 Å². The Labute approximate surface area is 139 Å². The first-order valence-corrected chi connectivity index (χ1v) is 8.18. The van der Waals surface area contributed by atoms with E-state index in [4.69, 9.17) is 9.26 Å². The van der Waals surface area contributed by atoms with Crippen LogP contribution in [0.4, 0.5) is 0 Å². The fourth-order valence-electron chi connectivity index (χ4n) is 3.50. The molecular weight excluding hydrogens is 312 g/mol. The van der Waals surface area contributed by atoms with Gasteiger partial charge in [-0.2, -0.15) is 4.98 Å². The highest BCUT2D eigenvalue weighted by Crippen LogP contribution is 2.44. The van der Waals surface area contributed by atoms with E-state index in [-0.39, 0.29) is 23.4 Å². The van der Waals surface area contributed by atoms with Crippen molar-refractivity contribution >= 4 is 5.91 Å². The number of carbonyl (C=O) groups excluding carboxylic acids is 1. The van der Waals surface area contributed by atoms with Gasteiger partial charge in [0.1, 0.15) is 12.4 Å². The number of aryl methyl sites for hydroxylation is 2. The molecule has 128 valence electrons. The molecule has 9 nitrogen and oxygen atoms in total. The maximum absolute atomic E-state index is 12.4. The monoisotopic (exact) mass is 332 g/mol. The van der Waals surface area contributed by atoms with Gasteiger partial charge in [0, 0.05) is 20.1 Å². The van der Waals surface area contributed by atoms with Crippen LogP contribution in [0.1, 0.15) is 54.1 Å². The average Bonchev–Trinajstić information content (AvgIpc) is 3.28. The second kappa shape index (κ2) is 5.66. The SMILES string of the molecule is Cc1noc([C@H]2CCC3(CCN(C(=O)c4ncn(C)n4)CC3)O2)n1. The molecule has 4 rings (SSSR count). The summed E-state index contributed by atoms with van der Waals surface area (Å²) in [6.45, 7) is 3.09. The first kappa shape index (κ1) is 15.3. The Kier molecular flexibility index (Phi) is 3.60. The van der Waals surface area contributed by atoms with E-state index in [1.165, 1.54) is 11.0 Å². The minimum absolute atomic E-state index is 0.118. The standard InChI is InChI=1S/C15H20N6O3/c1-10-17-13(24-19-10)11-3-4-15(23-11)5-7-21(8-6-15)14(22)12-16-9-20(2)18-12/h9,11H,3-8H2,1-2H3/t11-/m1/s1. The Morgan fingerprint density at radius 3 is 2.75 bits per heavy atom. The number of nitrogens with zero attached hydrogens (tertiary/aromatic N) is 6. The summed E-state index contributed by atoms with van der Waals surface area (Å²) in [6, 6.07) is 0. The highest BCUT2D eigenvalue weighted by molar-refractivity contribution is 5.90. The van der Waals surface area contributed by atoms with E-state index in [1.807, 2.05) is 0 Å². The number of aromatic nitrogens is 5. The van der Waals surface area contributed by atoms with Crippen LogP contribution in [0.5, 0.6) is 0 Å². The lowest BCUT2D eigenvalue weighted by Gasteiger charge is -2.38. The van der Waals surface area contributed by atoms with Crippen LogP contribution in [0.2, 0.25) is 0 Å². The molecule has 0 N–H and O–H groups in total. The maximum Gasteiger partial charge on any atom is 0.293 e. The molecule has 2 saturated heterocycles. The molecule has 0 bridgehead atoms. The van der Waals surface area contributed by atoms with Crippen molar-refractivity contribution in [2.75, 3.05) is 13.1 Å². The third kappa shape index (κ3) is 2.68. The molecule has 2 aromatic heterocycles. The third-order valence-electron chi connectivity index (χ3n) is 4.83. The molecule has 9 heteroatoms. The molecule has 2 aliphatic rings. The van der Waals surface area contributed by atoms with Gasteiger partial charge in [-0.1, -0.05) is 5.16 Å². The Morgan fingerprint density at radius 1 is 1.33 bits per heavy atom. The van der Waals surface area contributed by atoms with Crippen LogP contribution in [0.15, 0.2) is 10.9 Å². The molecule has 24 heavy (non-hydrogen) atoms. The average molecular weight is 332 g/mol. The predicted octanol–water partition coefficient (Wildman–Crippen LogP) is 1.03. The van der Waals surface area contributed by atoms with Crippen LogP contribution in [0.3, 0.4) is 0 Å². The van der Waals surface area contributed by atoms with Crippen molar-refractivity contribution in [1.82, 2.24) is 29.8 Å². The Hall–Kier alpha value is -2.29. The van der Waals surface area contributed by atoms with E-state index < -0.39 is 0 Å². The zero-order chi connectivity index (χ0) is 16.7. The first-order chi connectivity index (χ1) is 11.5. The molecule has 1 spiro atoms. The van der Waals surface area contributed by atoms with Crippen LogP contribution >= 0.6 is 0 Å². The van der Waals surface area contributed by atoms with Crippen LogP contribution in [-0.4, -0.2) is 54.4 Å². The molecule has 2 fully saturated rings. The Morgan fingerprint density at radius 2 is 2.12 bits per heavy atom. The van der Waals surface area contributed by atoms with Crippen molar-refractivity contribution in [3.8, 4) is 0 Å². The summed E-state index contributed by atoms with van der Waals surface area (Å²) in [5.74, 6) is 1.31. The second-order valence-electron chi connectivity index (χ2n) is 6.54. The number of hydrogen-bond acceptors (Lipinski definition) is 7. The molecule has 0 unspecified atom stereocenters. The number of rotatable bonds is 2. The summed E-state index contributed by atoms with van der Waals surface area (Å²) in [7, 11) is 1.75. The van der Waals surface area contributed by atoms with Crippen molar-refractivity contribution in [2.24, 2.45) is 7.05 Å².